The van der Waals surface area contributed by atoms with E-state index in [0.717, 1.165) is 17.1 Å². The number of rotatable bonds is 8. The van der Waals surface area contributed by atoms with Crippen molar-refractivity contribution in [2.24, 2.45) is 0 Å². The number of hydrogen-bond donors (Lipinski definition) is 2. The van der Waals surface area contributed by atoms with E-state index in [9.17, 15) is 28.0 Å². The number of halogens is 2. The van der Waals surface area contributed by atoms with Crippen LogP contribution in [-0.2, 0) is 30.3 Å². The quantitative estimate of drug-likeness (QED) is 0.400. The van der Waals surface area contributed by atoms with Gasteiger partial charge in [-0.2, -0.15) is 0 Å². The van der Waals surface area contributed by atoms with Crippen molar-refractivity contribution in [1.82, 2.24) is 15.6 Å². The van der Waals surface area contributed by atoms with Gasteiger partial charge in [0, 0.05) is 24.7 Å². The third-order valence-electron chi connectivity index (χ3n) is 7.26. The van der Waals surface area contributed by atoms with Crippen molar-refractivity contribution in [3.63, 3.8) is 0 Å². The molecule has 0 spiro atoms. The Kier molecular flexibility index (Phi) is 8.69. The first-order valence-corrected chi connectivity index (χ1v) is 13.6. The molecule has 3 aromatic rings. The number of nitrogens with zero attached hydrogens (tertiary/aromatic N) is 2. The number of carbonyl (C=O) groups excluding carboxylic acids is 4. The minimum absolute atomic E-state index is 0.0410. The van der Waals surface area contributed by atoms with Gasteiger partial charge >= 0.3 is 0 Å². The highest BCUT2D eigenvalue weighted by molar-refractivity contribution is 6.17. The lowest BCUT2D eigenvalue weighted by Crippen LogP contribution is -2.55. The number of hydrazine groups is 1. The summed E-state index contributed by atoms with van der Waals surface area (Å²) in [4.78, 5) is 55.6. The summed E-state index contributed by atoms with van der Waals surface area (Å²) in [5.41, 5.74) is 4.96. The zero-order valence-electron chi connectivity index (χ0n) is 22.9. The topological polar surface area (TPSA) is 108 Å². The predicted molar refractivity (Wildman–Crippen MR) is 150 cm³/mol. The molecule has 0 aromatic heterocycles. The number of fused-ring (bicyclic) bond motifs is 3. The number of morpholine rings is 1. The van der Waals surface area contributed by atoms with Gasteiger partial charge in [0.15, 0.2) is 5.78 Å². The van der Waals surface area contributed by atoms with Gasteiger partial charge in [0.2, 0.25) is 5.91 Å². The first-order valence-electron chi connectivity index (χ1n) is 13.6. The van der Waals surface area contributed by atoms with Crippen molar-refractivity contribution < 1.29 is 32.7 Å². The van der Waals surface area contributed by atoms with Crippen molar-refractivity contribution in [3.8, 4) is 11.1 Å². The minimum Gasteiger partial charge on any atom is -0.379 e. The van der Waals surface area contributed by atoms with Crippen LogP contribution in [0.3, 0.4) is 0 Å². The van der Waals surface area contributed by atoms with Crippen molar-refractivity contribution >= 4 is 29.2 Å². The maximum atomic E-state index is 14.1. The fourth-order valence-electron chi connectivity index (χ4n) is 5.23. The second-order valence-corrected chi connectivity index (χ2v) is 10.3. The number of hydrogen-bond acceptors (Lipinski definition) is 6. The first kappa shape index (κ1) is 29.0. The average molecular weight is 577 g/mol. The van der Waals surface area contributed by atoms with Crippen LogP contribution in [0.5, 0.6) is 0 Å². The summed E-state index contributed by atoms with van der Waals surface area (Å²) in [5, 5.41) is 3.57. The summed E-state index contributed by atoms with van der Waals surface area (Å²) in [6.45, 7) is 3.58. The number of nitrogens with one attached hydrogen (secondary N) is 2. The van der Waals surface area contributed by atoms with E-state index in [4.69, 9.17) is 4.74 Å². The number of ketones is 1. The monoisotopic (exact) mass is 576 g/mol. The van der Waals surface area contributed by atoms with Gasteiger partial charge in [0.25, 0.3) is 11.8 Å². The summed E-state index contributed by atoms with van der Waals surface area (Å²) in [5.74, 6) is -5.14. The molecule has 0 saturated carbocycles. The number of anilines is 1. The van der Waals surface area contributed by atoms with Crippen LogP contribution in [0.1, 0.15) is 24.0 Å². The fraction of sp³-hybridized carbons (Fsp3) is 0.290. The van der Waals surface area contributed by atoms with Gasteiger partial charge in [-0.1, -0.05) is 42.5 Å². The maximum Gasteiger partial charge on any atom is 0.261 e. The second-order valence-electron chi connectivity index (χ2n) is 10.3. The van der Waals surface area contributed by atoms with E-state index in [1.807, 2.05) is 17.0 Å². The first-order chi connectivity index (χ1) is 20.2. The van der Waals surface area contributed by atoms with Gasteiger partial charge in [-0.25, -0.2) is 13.8 Å². The van der Waals surface area contributed by atoms with Crippen molar-refractivity contribution in [3.05, 3.63) is 89.5 Å². The normalized spacial score (nSPS) is 17.5. The van der Waals surface area contributed by atoms with Crippen LogP contribution in [0.15, 0.2) is 66.7 Å². The number of ether oxygens (including phenoxy) is 1. The van der Waals surface area contributed by atoms with Crippen LogP contribution in [0.2, 0.25) is 0 Å². The Morgan fingerprint density at radius 1 is 0.952 bits per heavy atom. The second kappa shape index (κ2) is 12.6. The number of para-hydroxylation sites is 1. The smallest absolute Gasteiger partial charge is 0.261 e. The molecule has 9 nitrogen and oxygen atoms in total. The van der Waals surface area contributed by atoms with Crippen LogP contribution in [0, 0.1) is 11.6 Å². The molecule has 0 radical (unpaired) electrons. The van der Waals surface area contributed by atoms with Crippen LogP contribution >= 0.6 is 0 Å². The average Bonchev–Trinajstić information content (AvgIpc) is 3.05. The van der Waals surface area contributed by atoms with Gasteiger partial charge in [-0.05, 0) is 41.8 Å². The zero-order valence-corrected chi connectivity index (χ0v) is 22.9. The number of Topliss-reactive ketones (excluding diaryl/α,β-unsaturated/α-hetero) is 1. The molecule has 1 unspecified atom stereocenters. The zero-order chi connectivity index (χ0) is 29.8. The molecule has 0 bridgehead atoms. The van der Waals surface area contributed by atoms with Crippen molar-refractivity contribution in [1.29, 1.82) is 0 Å². The lowest BCUT2D eigenvalue weighted by Gasteiger charge is -2.29. The molecule has 2 aliphatic heterocycles. The molecule has 11 heteroatoms. The summed E-state index contributed by atoms with van der Waals surface area (Å²) < 4.78 is 32.4. The van der Waals surface area contributed by atoms with Gasteiger partial charge in [0.1, 0.15) is 23.6 Å². The highest BCUT2D eigenvalue weighted by Gasteiger charge is 2.40. The molecule has 218 valence electrons. The SMILES string of the molecule is C[C@H](NC(=O)Cc1cc(F)cc(F)c1)C(=O)NN1C(=O)C(C(=O)CN2CCOCC2)c2ccccc2-c2ccccc21. The third kappa shape index (κ3) is 6.37. The number of amides is 3. The molecule has 2 aliphatic rings. The van der Waals surface area contributed by atoms with Gasteiger partial charge in [-0.3, -0.25) is 29.5 Å². The Hall–Kier alpha value is -4.48. The molecule has 2 heterocycles. The predicted octanol–water partition coefficient (Wildman–Crippen LogP) is 2.74. The number of benzene rings is 3. The molecule has 3 amide bonds. The molecule has 3 aromatic carbocycles. The Morgan fingerprint density at radius 2 is 1.60 bits per heavy atom. The molecule has 1 fully saturated rings. The van der Waals surface area contributed by atoms with E-state index in [2.05, 4.69) is 10.7 Å². The van der Waals surface area contributed by atoms with Gasteiger partial charge in [-0.15, -0.1) is 0 Å². The lowest BCUT2D eigenvalue weighted by atomic mass is 9.88. The highest BCUT2D eigenvalue weighted by atomic mass is 19.1. The summed E-state index contributed by atoms with van der Waals surface area (Å²) >= 11 is 0. The van der Waals surface area contributed by atoms with Gasteiger partial charge < -0.3 is 10.1 Å². The Morgan fingerprint density at radius 3 is 2.31 bits per heavy atom. The standard InChI is InChI=1S/C31H30F2N4O5/c1-19(34-28(39)16-20-14-21(32)17-22(33)15-20)30(40)35-37-26-9-5-4-7-24(26)23-6-2-3-8-25(23)29(31(37)41)27(38)18-36-10-12-42-13-11-36/h2-9,14-15,17,19,29H,10-13,16,18H2,1H3,(H,34,39)(H,35,40)/t19-,29?/m0/s1. The van der Waals surface area contributed by atoms with Gasteiger partial charge in [0.05, 0.1) is 31.9 Å². The minimum atomic E-state index is -1.19. The Balaban J connectivity index is 1.39. The molecular weight excluding hydrogens is 546 g/mol. The highest BCUT2D eigenvalue weighted by Crippen LogP contribution is 2.40. The van der Waals surface area contributed by atoms with Crippen molar-refractivity contribution in [2.75, 3.05) is 37.9 Å². The molecular formula is C31H30F2N4O5. The van der Waals surface area contributed by atoms with E-state index < -0.39 is 41.3 Å². The summed E-state index contributed by atoms with van der Waals surface area (Å²) in [6.07, 6.45) is -0.356. The molecule has 0 aliphatic carbocycles. The Bertz CT molecular complexity index is 1500. The lowest BCUT2D eigenvalue weighted by molar-refractivity contribution is -0.133. The van der Waals surface area contributed by atoms with Crippen LogP contribution < -0.4 is 15.8 Å². The van der Waals surface area contributed by atoms with Crippen molar-refractivity contribution in [2.45, 2.75) is 25.3 Å². The fourth-order valence-corrected chi connectivity index (χ4v) is 5.23. The largest absolute Gasteiger partial charge is 0.379 e. The molecule has 2 N–H and O–H groups in total. The van der Waals surface area contributed by atoms with E-state index in [1.54, 1.807) is 36.4 Å². The van der Waals surface area contributed by atoms with Crippen LogP contribution in [-0.4, -0.2) is 67.3 Å². The van der Waals surface area contributed by atoms with E-state index >= 15 is 0 Å². The summed E-state index contributed by atoms with van der Waals surface area (Å²) in [6, 6.07) is 15.8. The van der Waals surface area contributed by atoms with E-state index in [0.29, 0.717) is 54.7 Å². The molecule has 2 atom stereocenters. The van der Waals surface area contributed by atoms with E-state index in [1.165, 1.54) is 6.92 Å². The van der Waals surface area contributed by atoms with E-state index in [-0.39, 0.29) is 24.3 Å². The third-order valence-corrected chi connectivity index (χ3v) is 7.26. The Labute approximate surface area is 241 Å². The number of carbonyl (C=O) groups is 4. The van der Waals surface area contributed by atoms with Crippen LogP contribution in [0.25, 0.3) is 11.1 Å². The molecule has 1 saturated heterocycles. The van der Waals surface area contributed by atoms with Crippen LogP contribution in [0.4, 0.5) is 14.5 Å². The summed E-state index contributed by atoms with van der Waals surface area (Å²) in [7, 11) is 0. The molecule has 5 rings (SSSR count). The molecule has 42 heavy (non-hydrogen) atoms. The maximum absolute atomic E-state index is 14.1.